The van der Waals surface area contributed by atoms with E-state index in [9.17, 15) is 4.39 Å². The Hall–Kier alpha value is -3.85. The summed E-state index contributed by atoms with van der Waals surface area (Å²) in [6.07, 6.45) is 4.35. The smallest absolute Gasteiger partial charge is 0.201 e. The molecule has 0 aromatic carbocycles. The van der Waals surface area contributed by atoms with Crippen LogP contribution in [0.1, 0.15) is 49.0 Å². The molecule has 1 atom stereocenters. The van der Waals surface area contributed by atoms with Gasteiger partial charge in [0.05, 0.1) is 55.7 Å². The summed E-state index contributed by atoms with van der Waals surface area (Å²) in [6.45, 7) is 7.79. The molecule has 0 bridgehead atoms. The van der Waals surface area contributed by atoms with E-state index in [4.69, 9.17) is 14.2 Å². The minimum Gasteiger partial charge on any atom is -0.466 e. The highest BCUT2D eigenvalue weighted by Gasteiger charge is 2.31. The maximum Gasteiger partial charge on any atom is 0.201 e. The molecule has 4 aromatic heterocycles. The molecule has 0 aliphatic carbocycles. The number of halogens is 1. The second kappa shape index (κ2) is 11.3. The zero-order chi connectivity index (χ0) is 27.6. The maximum atomic E-state index is 13.6. The minimum atomic E-state index is -0.586. The van der Waals surface area contributed by atoms with Crippen molar-refractivity contribution in [3.63, 3.8) is 0 Å². The van der Waals surface area contributed by atoms with Gasteiger partial charge in [-0.15, -0.1) is 5.10 Å². The van der Waals surface area contributed by atoms with Crippen LogP contribution in [-0.4, -0.2) is 80.3 Å². The lowest BCUT2D eigenvalue weighted by Gasteiger charge is -2.41. The molecule has 0 spiro atoms. The van der Waals surface area contributed by atoms with Gasteiger partial charge < -0.3 is 14.2 Å². The maximum absolute atomic E-state index is 13.6. The van der Waals surface area contributed by atoms with Crippen LogP contribution in [0.2, 0.25) is 0 Å². The zero-order valence-electron chi connectivity index (χ0n) is 22.9. The number of hydrogen-bond acceptors (Lipinski definition) is 8. The first-order valence-corrected chi connectivity index (χ1v) is 13.5. The van der Waals surface area contributed by atoms with E-state index in [1.165, 1.54) is 12.3 Å². The molecule has 40 heavy (non-hydrogen) atoms. The molecule has 0 saturated carbocycles. The molecule has 208 valence electrons. The van der Waals surface area contributed by atoms with Crippen molar-refractivity contribution < 1.29 is 18.6 Å². The van der Waals surface area contributed by atoms with Crippen molar-refractivity contribution in [1.82, 2.24) is 34.3 Å². The van der Waals surface area contributed by atoms with Crippen LogP contribution in [0.3, 0.4) is 0 Å². The van der Waals surface area contributed by atoms with Gasteiger partial charge in [-0.1, -0.05) is 11.1 Å². The van der Waals surface area contributed by atoms with E-state index in [2.05, 4.69) is 48.6 Å². The molecule has 6 rings (SSSR count). The summed E-state index contributed by atoms with van der Waals surface area (Å²) in [5, 5.41) is 9.18. The minimum absolute atomic E-state index is 0.217. The van der Waals surface area contributed by atoms with Crippen molar-refractivity contribution in [3.8, 4) is 29.0 Å². The molecule has 4 aromatic rings. The topological polar surface area (TPSA) is 91.8 Å². The Balaban J connectivity index is 1.34. The van der Waals surface area contributed by atoms with Gasteiger partial charge in [-0.05, 0) is 50.8 Å². The van der Waals surface area contributed by atoms with Crippen LogP contribution in [0.15, 0.2) is 36.7 Å². The molecular weight excluding hydrogens is 513 g/mol. The Morgan fingerprint density at radius 1 is 1.12 bits per heavy atom. The monoisotopic (exact) mass is 545 g/mol. The summed E-state index contributed by atoms with van der Waals surface area (Å²) in [6, 6.07) is 7.70. The molecule has 0 N–H and O–H groups in total. The van der Waals surface area contributed by atoms with Crippen molar-refractivity contribution in [1.29, 1.82) is 0 Å². The van der Waals surface area contributed by atoms with Crippen molar-refractivity contribution in [2.45, 2.75) is 44.9 Å². The first-order valence-electron chi connectivity index (χ1n) is 13.5. The number of pyridine rings is 2. The number of piperidine rings is 1. The number of aromatic nitrogens is 6. The summed E-state index contributed by atoms with van der Waals surface area (Å²) >= 11 is 0. The van der Waals surface area contributed by atoms with Crippen molar-refractivity contribution in [2.75, 3.05) is 40.0 Å². The molecule has 2 aliphatic heterocycles. The lowest BCUT2D eigenvalue weighted by molar-refractivity contribution is -0.0735. The normalized spacial score (nSPS) is 17.4. The number of ether oxygens (including phenoxy) is 3. The van der Waals surface area contributed by atoms with Gasteiger partial charge in [0.2, 0.25) is 5.88 Å². The third-order valence-corrected chi connectivity index (χ3v) is 7.67. The first-order chi connectivity index (χ1) is 19.6. The summed E-state index contributed by atoms with van der Waals surface area (Å²) < 4.78 is 34.8. The van der Waals surface area contributed by atoms with Gasteiger partial charge >= 0.3 is 0 Å². The van der Waals surface area contributed by atoms with Gasteiger partial charge in [0, 0.05) is 31.8 Å². The molecule has 0 amide bonds. The third kappa shape index (κ3) is 5.06. The Morgan fingerprint density at radius 2 is 1.95 bits per heavy atom. The lowest BCUT2D eigenvalue weighted by Crippen LogP contribution is -2.52. The highest BCUT2D eigenvalue weighted by atomic mass is 19.1. The fraction of sp³-hybridized carbons (Fsp3) is 0.448. The van der Waals surface area contributed by atoms with Gasteiger partial charge in [-0.25, -0.2) is 14.1 Å². The summed E-state index contributed by atoms with van der Waals surface area (Å²) in [5.41, 5.74) is 4.50. The van der Waals surface area contributed by atoms with Crippen molar-refractivity contribution in [2.24, 2.45) is 0 Å². The van der Waals surface area contributed by atoms with E-state index in [1.54, 1.807) is 26.3 Å². The molecule has 11 heteroatoms. The fourth-order valence-electron chi connectivity index (χ4n) is 5.46. The van der Waals surface area contributed by atoms with Crippen LogP contribution in [0.25, 0.3) is 16.9 Å². The fourth-order valence-corrected chi connectivity index (χ4v) is 5.46. The van der Waals surface area contributed by atoms with Gasteiger partial charge in [0.15, 0.2) is 6.10 Å². The molecule has 1 unspecified atom stereocenters. The Labute approximate surface area is 232 Å². The highest BCUT2D eigenvalue weighted by Crippen LogP contribution is 2.33. The van der Waals surface area contributed by atoms with Crippen LogP contribution in [0.4, 0.5) is 4.39 Å². The molecule has 6 heterocycles. The molecule has 2 fully saturated rings. The summed E-state index contributed by atoms with van der Waals surface area (Å²) in [5.74, 6) is 6.11. The predicted molar refractivity (Wildman–Crippen MR) is 145 cm³/mol. The van der Waals surface area contributed by atoms with Crippen molar-refractivity contribution in [3.05, 3.63) is 59.6 Å². The predicted octanol–water partition coefficient (Wildman–Crippen LogP) is 3.61. The second-order valence-electron chi connectivity index (χ2n) is 10.2. The van der Waals surface area contributed by atoms with Crippen LogP contribution in [0, 0.1) is 24.6 Å². The van der Waals surface area contributed by atoms with E-state index >= 15 is 0 Å². The van der Waals surface area contributed by atoms with Crippen LogP contribution in [-0.2, 0) is 9.47 Å². The molecule has 2 saturated heterocycles. The van der Waals surface area contributed by atoms with E-state index in [0.29, 0.717) is 35.0 Å². The number of hydrogen-bond donors (Lipinski definition) is 0. The summed E-state index contributed by atoms with van der Waals surface area (Å²) in [4.78, 5) is 11.3. The van der Waals surface area contributed by atoms with Crippen LogP contribution >= 0.6 is 0 Å². The Bertz CT molecular complexity index is 1540. The molecule has 10 nitrogen and oxygen atoms in total. The van der Waals surface area contributed by atoms with Crippen LogP contribution < -0.4 is 4.74 Å². The first kappa shape index (κ1) is 26.4. The number of rotatable bonds is 8. The zero-order valence-corrected chi connectivity index (χ0v) is 22.9. The highest BCUT2D eigenvalue weighted by molar-refractivity contribution is 5.68. The Kier molecular flexibility index (Phi) is 7.47. The Morgan fingerprint density at radius 3 is 2.62 bits per heavy atom. The largest absolute Gasteiger partial charge is 0.466 e. The van der Waals surface area contributed by atoms with E-state index < -0.39 is 11.9 Å². The average molecular weight is 546 g/mol. The van der Waals surface area contributed by atoms with Gasteiger partial charge in [0.25, 0.3) is 0 Å². The third-order valence-electron chi connectivity index (χ3n) is 7.67. The van der Waals surface area contributed by atoms with E-state index in [-0.39, 0.29) is 6.61 Å². The van der Waals surface area contributed by atoms with Gasteiger partial charge in [0.1, 0.15) is 22.9 Å². The second-order valence-corrected chi connectivity index (χ2v) is 10.2. The average Bonchev–Trinajstić information content (AvgIpc) is 3.52. The molecule has 2 aliphatic rings. The quantitative estimate of drug-likeness (QED) is 0.310. The number of likely N-dealkylation sites (tertiary alicyclic amines) is 1. The van der Waals surface area contributed by atoms with Gasteiger partial charge in [-0.3, -0.25) is 14.3 Å². The van der Waals surface area contributed by atoms with E-state index in [0.717, 1.165) is 56.1 Å². The number of fused-ring (bicyclic) bond motifs is 1. The standard InChI is InChI=1S/C29H32FN7O3/c1-4-5-23-15-32-27-12-20(13-28(36(23)27)40-26(18-38-3)25-7-6-21(30)14-31-25)29-19(2)37(34-33-29)22-8-10-35(11-9-22)24-16-39-17-24/h6-7,12-15,22,24,26H,8-11,16-18H2,1-3H3. The molecule has 0 radical (unpaired) electrons. The molecular formula is C29H32FN7O3. The van der Waals surface area contributed by atoms with Crippen LogP contribution in [0.5, 0.6) is 5.88 Å². The number of nitrogens with zero attached hydrogens (tertiary/aromatic N) is 7. The van der Waals surface area contributed by atoms with Gasteiger partial charge in [-0.2, -0.15) is 0 Å². The number of methoxy groups -OCH3 is 1. The SMILES string of the molecule is CC#Cc1cnc2cc(-c3nnn(C4CCN(C5COC5)CC4)c3C)cc(OC(COC)c3ccc(F)cn3)n12. The lowest BCUT2D eigenvalue weighted by atomic mass is 10.0. The summed E-state index contributed by atoms with van der Waals surface area (Å²) in [7, 11) is 1.59. The number of imidazole rings is 1. The van der Waals surface area contributed by atoms with E-state index in [1.807, 2.05) is 16.5 Å². The van der Waals surface area contributed by atoms with Crippen molar-refractivity contribution >= 4 is 5.65 Å².